The summed E-state index contributed by atoms with van der Waals surface area (Å²) in [4.78, 5) is 18.0. The molecule has 0 spiro atoms. The van der Waals surface area contributed by atoms with Crippen molar-refractivity contribution in [1.82, 2.24) is 9.21 Å². The molecule has 2 aliphatic heterocycles. The van der Waals surface area contributed by atoms with Gasteiger partial charge in [0.05, 0.1) is 33.2 Å². The minimum atomic E-state index is -3.35. The first-order valence-corrected chi connectivity index (χ1v) is 19.1. The molecule has 0 aromatic heterocycles. The molecular formula is C30H41Cl2N3O6S2. The molecule has 0 aliphatic carbocycles. The molecule has 2 aromatic carbocycles. The van der Waals surface area contributed by atoms with Crippen molar-refractivity contribution in [3.63, 3.8) is 0 Å². The van der Waals surface area contributed by atoms with Crippen LogP contribution in [0.3, 0.4) is 0 Å². The Morgan fingerprint density at radius 1 is 0.953 bits per heavy atom. The average Bonchev–Trinajstić information content (AvgIpc) is 2.93. The fraction of sp³-hybridized carbons (Fsp3) is 0.567. The first-order valence-electron chi connectivity index (χ1n) is 14.6. The first-order chi connectivity index (χ1) is 20.1. The molecule has 43 heavy (non-hydrogen) atoms. The van der Waals surface area contributed by atoms with Gasteiger partial charge < -0.3 is 14.9 Å². The molecule has 0 unspecified atom stereocenters. The molecule has 238 valence electrons. The number of carbonyl (C=O) groups is 1. The molecule has 2 aromatic rings. The molecule has 0 bridgehead atoms. The minimum absolute atomic E-state index is 0.110. The van der Waals surface area contributed by atoms with Crippen LogP contribution < -0.4 is 4.90 Å². The van der Waals surface area contributed by atoms with Crippen LogP contribution in [0.4, 0.5) is 5.69 Å². The van der Waals surface area contributed by atoms with Crippen LogP contribution in [-0.4, -0.2) is 94.4 Å². The van der Waals surface area contributed by atoms with E-state index >= 15 is 0 Å². The molecule has 2 fully saturated rings. The summed E-state index contributed by atoms with van der Waals surface area (Å²) in [7, 11) is -6.54. The lowest BCUT2D eigenvalue weighted by molar-refractivity contribution is -0.125. The van der Waals surface area contributed by atoms with E-state index in [2.05, 4.69) is 4.90 Å². The van der Waals surface area contributed by atoms with Crippen LogP contribution in [0.25, 0.3) is 0 Å². The van der Waals surface area contributed by atoms with Gasteiger partial charge in [0.2, 0.25) is 15.9 Å². The van der Waals surface area contributed by atoms with Crippen LogP contribution in [0.5, 0.6) is 0 Å². The van der Waals surface area contributed by atoms with Crippen LogP contribution in [0.2, 0.25) is 10.0 Å². The highest BCUT2D eigenvalue weighted by molar-refractivity contribution is 7.90. The van der Waals surface area contributed by atoms with Gasteiger partial charge in [-0.25, -0.2) is 21.1 Å². The maximum absolute atomic E-state index is 13.6. The Morgan fingerprint density at radius 3 is 2.14 bits per heavy atom. The SMILES string of the molecule is CS(=O)(=O)c1ccc(CC2CCN(CCCN(C(=O)CC3(O)CCN(S(C)(=O)=O)CC3)c3ccc(Cl)c(Cl)c3)CC2)cc1. The predicted octanol–water partition coefficient (Wildman–Crippen LogP) is 4.25. The van der Waals surface area contributed by atoms with Gasteiger partial charge in [-0.3, -0.25) is 4.79 Å². The number of nitrogens with zero attached hydrogens (tertiary/aromatic N) is 3. The zero-order valence-corrected chi connectivity index (χ0v) is 27.9. The third kappa shape index (κ3) is 9.63. The molecule has 0 radical (unpaired) electrons. The number of piperidine rings is 2. The van der Waals surface area contributed by atoms with Crippen molar-refractivity contribution < 1.29 is 26.7 Å². The molecule has 1 amide bonds. The average molecular weight is 675 g/mol. The topological polar surface area (TPSA) is 115 Å². The van der Waals surface area contributed by atoms with Gasteiger partial charge in [-0.05, 0) is 100.0 Å². The van der Waals surface area contributed by atoms with E-state index < -0.39 is 25.5 Å². The standard InChI is InChI=1S/C30H41Cl2N3O6S2/c1-42(38,39)26-7-4-23(5-8-26)20-24-10-16-33(17-11-24)14-3-15-35(25-6-9-27(31)28(32)21-25)29(36)22-30(37)12-18-34(19-13-30)43(2,40)41/h4-9,21,24,37H,3,10-20,22H2,1-2H3. The van der Waals surface area contributed by atoms with Crippen LogP contribution in [-0.2, 0) is 31.1 Å². The number of amides is 1. The molecule has 0 saturated carbocycles. The van der Waals surface area contributed by atoms with Gasteiger partial charge in [0.1, 0.15) is 0 Å². The number of hydrogen-bond acceptors (Lipinski definition) is 7. The van der Waals surface area contributed by atoms with Crippen LogP contribution in [0.15, 0.2) is 47.4 Å². The van der Waals surface area contributed by atoms with E-state index in [1.165, 1.54) is 10.6 Å². The zero-order valence-electron chi connectivity index (χ0n) is 24.7. The second kappa shape index (κ2) is 14.1. The lowest BCUT2D eigenvalue weighted by atomic mass is 9.88. The predicted molar refractivity (Wildman–Crippen MR) is 171 cm³/mol. The van der Waals surface area contributed by atoms with Gasteiger partial charge in [0, 0.05) is 31.6 Å². The first kappa shape index (κ1) is 34.1. The largest absolute Gasteiger partial charge is 0.389 e. The highest BCUT2D eigenvalue weighted by atomic mass is 35.5. The molecule has 13 heteroatoms. The third-order valence-corrected chi connectivity index (χ3v) is 11.7. The molecular weight excluding hydrogens is 633 g/mol. The van der Waals surface area contributed by atoms with Crippen molar-refractivity contribution in [2.75, 3.05) is 56.7 Å². The summed E-state index contributed by atoms with van der Waals surface area (Å²) in [5.74, 6) is 0.291. The summed E-state index contributed by atoms with van der Waals surface area (Å²) in [5.41, 5.74) is 0.474. The summed E-state index contributed by atoms with van der Waals surface area (Å²) in [6.45, 7) is 3.50. The van der Waals surface area contributed by atoms with Crippen molar-refractivity contribution >= 4 is 54.7 Å². The lowest BCUT2D eigenvalue weighted by Gasteiger charge is -2.38. The Hall–Kier alpha value is -1.73. The van der Waals surface area contributed by atoms with Crippen molar-refractivity contribution in [1.29, 1.82) is 0 Å². The van der Waals surface area contributed by atoms with E-state index in [9.17, 15) is 26.7 Å². The van der Waals surface area contributed by atoms with E-state index in [0.717, 1.165) is 57.1 Å². The molecule has 2 heterocycles. The van der Waals surface area contributed by atoms with Crippen molar-refractivity contribution in [2.24, 2.45) is 5.92 Å². The summed E-state index contributed by atoms with van der Waals surface area (Å²) in [5, 5.41) is 11.9. The fourth-order valence-electron chi connectivity index (χ4n) is 5.91. The van der Waals surface area contributed by atoms with Gasteiger partial charge in [-0.1, -0.05) is 35.3 Å². The lowest BCUT2D eigenvalue weighted by Crippen LogP contribution is -2.49. The zero-order chi connectivity index (χ0) is 31.4. The molecule has 9 nitrogen and oxygen atoms in total. The highest BCUT2D eigenvalue weighted by Gasteiger charge is 2.38. The summed E-state index contributed by atoms with van der Waals surface area (Å²) in [6, 6.07) is 12.2. The molecule has 2 aliphatic rings. The van der Waals surface area contributed by atoms with Gasteiger partial charge in [-0.2, -0.15) is 0 Å². The molecule has 2 saturated heterocycles. The molecule has 4 rings (SSSR count). The maximum Gasteiger partial charge on any atom is 0.229 e. The number of sulfonamides is 1. The Bertz CT molecular complexity index is 1490. The van der Waals surface area contributed by atoms with Crippen LogP contribution in [0.1, 0.15) is 44.1 Å². The number of sulfone groups is 1. The van der Waals surface area contributed by atoms with Crippen molar-refractivity contribution in [3.05, 3.63) is 58.1 Å². The number of benzene rings is 2. The van der Waals surface area contributed by atoms with Gasteiger partial charge in [-0.15, -0.1) is 0 Å². The second-order valence-electron chi connectivity index (χ2n) is 12.0. The highest BCUT2D eigenvalue weighted by Crippen LogP contribution is 2.31. The molecule has 0 atom stereocenters. The Morgan fingerprint density at radius 2 is 1.58 bits per heavy atom. The van der Waals surface area contributed by atoms with E-state index in [0.29, 0.717) is 33.1 Å². The van der Waals surface area contributed by atoms with E-state index in [1.54, 1.807) is 35.2 Å². The number of likely N-dealkylation sites (tertiary alicyclic amines) is 1. The summed E-state index contributed by atoms with van der Waals surface area (Å²) >= 11 is 12.4. The molecule has 1 N–H and O–H groups in total. The smallest absolute Gasteiger partial charge is 0.229 e. The Labute approximate surface area is 265 Å². The number of rotatable bonds is 11. The normalized spacial score (nSPS) is 18.9. The summed E-state index contributed by atoms with van der Waals surface area (Å²) < 4.78 is 48.5. The maximum atomic E-state index is 13.6. The monoisotopic (exact) mass is 673 g/mol. The van der Waals surface area contributed by atoms with Crippen molar-refractivity contribution in [2.45, 2.75) is 55.4 Å². The van der Waals surface area contributed by atoms with Crippen molar-refractivity contribution in [3.8, 4) is 0 Å². The quantitative estimate of drug-likeness (QED) is 0.379. The van der Waals surface area contributed by atoms with Gasteiger partial charge in [0.15, 0.2) is 9.84 Å². The van der Waals surface area contributed by atoms with E-state index in [4.69, 9.17) is 23.2 Å². The number of hydrogen-bond donors (Lipinski definition) is 1. The fourth-order valence-corrected chi connectivity index (χ4v) is 7.68. The summed E-state index contributed by atoms with van der Waals surface area (Å²) in [6.07, 6.45) is 6.37. The van der Waals surface area contributed by atoms with E-state index in [1.807, 2.05) is 12.1 Å². The number of aliphatic hydroxyl groups is 1. The number of anilines is 1. The van der Waals surface area contributed by atoms with Gasteiger partial charge >= 0.3 is 0 Å². The van der Waals surface area contributed by atoms with Crippen LogP contribution in [0, 0.1) is 5.92 Å². The van der Waals surface area contributed by atoms with Crippen LogP contribution >= 0.6 is 23.2 Å². The van der Waals surface area contributed by atoms with Gasteiger partial charge in [0.25, 0.3) is 0 Å². The Balaban J connectivity index is 1.31. The third-order valence-electron chi connectivity index (χ3n) is 8.56. The number of halogens is 2. The minimum Gasteiger partial charge on any atom is -0.389 e. The van der Waals surface area contributed by atoms with E-state index in [-0.39, 0.29) is 38.3 Å². The second-order valence-corrected chi connectivity index (χ2v) is 16.8. The number of carbonyl (C=O) groups excluding carboxylic acids is 1. The Kier molecular flexibility index (Phi) is 11.2.